The van der Waals surface area contributed by atoms with Gasteiger partial charge in [-0.15, -0.1) is 11.3 Å². The van der Waals surface area contributed by atoms with Gasteiger partial charge < -0.3 is 5.32 Å². The highest BCUT2D eigenvalue weighted by molar-refractivity contribution is 7.11. The molecule has 1 fully saturated rings. The normalized spacial score (nSPS) is 25.9. The van der Waals surface area contributed by atoms with Crippen LogP contribution in [0, 0.1) is 19.8 Å². The highest BCUT2D eigenvalue weighted by Crippen LogP contribution is 2.22. The minimum atomic E-state index is 0.585. The van der Waals surface area contributed by atoms with Crippen LogP contribution in [-0.2, 0) is 6.54 Å². The summed E-state index contributed by atoms with van der Waals surface area (Å²) in [5.41, 5.74) is 1.19. The van der Waals surface area contributed by atoms with E-state index in [-0.39, 0.29) is 0 Å². The van der Waals surface area contributed by atoms with Gasteiger partial charge in [0.2, 0.25) is 0 Å². The Morgan fingerprint density at radius 3 is 2.72 bits per heavy atom. The van der Waals surface area contributed by atoms with Crippen LogP contribution in [0.1, 0.15) is 36.3 Å². The maximum absolute atomic E-state index is 4.68. The van der Waals surface area contributed by atoms with Gasteiger partial charge >= 0.3 is 0 Å². The van der Waals surface area contributed by atoms with E-state index in [4.69, 9.17) is 0 Å². The molecular weight excluding hydrogens is 242 g/mol. The molecule has 18 heavy (non-hydrogen) atoms. The molecule has 1 aliphatic heterocycles. The number of aromatic nitrogens is 1. The van der Waals surface area contributed by atoms with E-state index in [2.05, 4.69) is 49.8 Å². The summed E-state index contributed by atoms with van der Waals surface area (Å²) in [5.74, 6) is 0.687. The molecule has 2 rings (SSSR count). The van der Waals surface area contributed by atoms with Gasteiger partial charge in [-0.2, -0.15) is 0 Å². The number of hydrogen-bond acceptors (Lipinski definition) is 4. The monoisotopic (exact) mass is 267 g/mol. The Labute approximate surface area is 115 Å². The molecule has 1 N–H and O–H groups in total. The zero-order chi connectivity index (χ0) is 13.3. The molecular formula is C14H25N3S. The Bertz CT molecular complexity index is 380. The van der Waals surface area contributed by atoms with E-state index >= 15 is 0 Å². The molecule has 0 radical (unpaired) electrons. The second-order valence-electron chi connectivity index (χ2n) is 5.80. The van der Waals surface area contributed by atoms with Crippen LogP contribution >= 0.6 is 11.3 Å². The maximum Gasteiger partial charge on any atom is 0.107 e. The van der Waals surface area contributed by atoms with Crippen molar-refractivity contribution in [3.8, 4) is 0 Å². The van der Waals surface area contributed by atoms with Gasteiger partial charge in [0.25, 0.3) is 0 Å². The van der Waals surface area contributed by atoms with Crippen LogP contribution in [0.5, 0.6) is 0 Å². The molecule has 1 aromatic rings. The Balaban J connectivity index is 2.08. The number of nitrogens with one attached hydrogen (secondary N) is 1. The number of thiazole rings is 1. The van der Waals surface area contributed by atoms with Crippen molar-refractivity contribution < 1.29 is 0 Å². The summed E-state index contributed by atoms with van der Waals surface area (Å²) in [6.45, 7) is 14.4. The molecule has 2 heterocycles. The summed E-state index contributed by atoms with van der Waals surface area (Å²) in [7, 11) is 0. The largest absolute Gasteiger partial charge is 0.311 e. The molecule has 0 spiro atoms. The number of piperazine rings is 1. The minimum Gasteiger partial charge on any atom is -0.311 e. The summed E-state index contributed by atoms with van der Waals surface area (Å²) >= 11 is 1.85. The van der Waals surface area contributed by atoms with Gasteiger partial charge in [0.05, 0.1) is 12.2 Å². The Morgan fingerprint density at radius 2 is 2.17 bits per heavy atom. The molecule has 1 aliphatic rings. The standard InChI is InChI=1S/C14H25N3S/c1-9(2)13-6-15-10(3)7-17(13)8-14-16-11(4)12(5)18-14/h9-10,13,15H,6-8H2,1-5H3. The third-order valence-electron chi connectivity index (χ3n) is 3.83. The van der Waals surface area contributed by atoms with Crippen LogP contribution in [-0.4, -0.2) is 35.1 Å². The summed E-state index contributed by atoms with van der Waals surface area (Å²) < 4.78 is 0. The van der Waals surface area contributed by atoms with Crippen molar-refractivity contribution in [2.45, 2.75) is 53.2 Å². The van der Waals surface area contributed by atoms with E-state index in [9.17, 15) is 0 Å². The lowest BCUT2D eigenvalue weighted by Gasteiger charge is -2.41. The van der Waals surface area contributed by atoms with Crippen molar-refractivity contribution in [3.63, 3.8) is 0 Å². The van der Waals surface area contributed by atoms with Gasteiger partial charge in [0.15, 0.2) is 0 Å². The van der Waals surface area contributed by atoms with Crippen LogP contribution in [0.4, 0.5) is 0 Å². The lowest BCUT2D eigenvalue weighted by atomic mass is 9.99. The van der Waals surface area contributed by atoms with Gasteiger partial charge in [-0.25, -0.2) is 4.98 Å². The zero-order valence-corrected chi connectivity index (χ0v) is 13.0. The second-order valence-corrected chi connectivity index (χ2v) is 7.09. The van der Waals surface area contributed by atoms with E-state index in [1.807, 2.05) is 11.3 Å². The fourth-order valence-corrected chi connectivity index (χ4v) is 3.58. The second kappa shape index (κ2) is 5.68. The first-order chi connectivity index (χ1) is 8.47. The molecule has 0 aliphatic carbocycles. The molecule has 0 amide bonds. The van der Waals surface area contributed by atoms with Crippen molar-refractivity contribution in [1.29, 1.82) is 0 Å². The van der Waals surface area contributed by atoms with Crippen molar-refractivity contribution >= 4 is 11.3 Å². The summed E-state index contributed by atoms with van der Waals surface area (Å²) in [6, 6.07) is 1.22. The molecule has 0 aromatic carbocycles. The van der Waals surface area contributed by atoms with E-state index < -0.39 is 0 Å². The van der Waals surface area contributed by atoms with Gasteiger partial charge in [-0.05, 0) is 26.7 Å². The molecule has 4 heteroatoms. The third-order valence-corrected chi connectivity index (χ3v) is 4.89. The first-order valence-corrected chi connectivity index (χ1v) is 7.69. The molecule has 3 nitrogen and oxygen atoms in total. The van der Waals surface area contributed by atoms with Crippen molar-refractivity contribution in [2.75, 3.05) is 13.1 Å². The predicted octanol–water partition coefficient (Wildman–Crippen LogP) is 2.58. The number of aryl methyl sites for hydroxylation is 2. The lowest BCUT2D eigenvalue weighted by molar-refractivity contribution is 0.0955. The van der Waals surface area contributed by atoms with Crippen LogP contribution in [0.2, 0.25) is 0 Å². The van der Waals surface area contributed by atoms with E-state index in [0.29, 0.717) is 18.0 Å². The van der Waals surface area contributed by atoms with Crippen molar-refractivity contribution in [3.05, 3.63) is 15.6 Å². The number of rotatable bonds is 3. The predicted molar refractivity (Wildman–Crippen MR) is 78.1 cm³/mol. The molecule has 1 aromatic heterocycles. The summed E-state index contributed by atoms with van der Waals surface area (Å²) in [5, 5.41) is 4.86. The molecule has 1 saturated heterocycles. The van der Waals surface area contributed by atoms with E-state index in [1.165, 1.54) is 15.6 Å². The van der Waals surface area contributed by atoms with E-state index in [1.54, 1.807) is 0 Å². The van der Waals surface area contributed by atoms with Crippen LogP contribution in [0.15, 0.2) is 0 Å². The molecule has 0 saturated carbocycles. The third kappa shape index (κ3) is 3.11. The van der Waals surface area contributed by atoms with Gasteiger partial charge in [-0.1, -0.05) is 13.8 Å². The van der Waals surface area contributed by atoms with Crippen LogP contribution in [0.25, 0.3) is 0 Å². The first kappa shape index (κ1) is 14.0. The molecule has 102 valence electrons. The SMILES string of the molecule is Cc1nc(CN2CC(C)NCC2C(C)C)sc1C. The lowest BCUT2D eigenvalue weighted by Crippen LogP contribution is -2.56. The van der Waals surface area contributed by atoms with Crippen LogP contribution in [0.3, 0.4) is 0 Å². The quantitative estimate of drug-likeness (QED) is 0.912. The van der Waals surface area contributed by atoms with Gasteiger partial charge in [-0.3, -0.25) is 4.90 Å². The van der Waals surface area contributed by atoms with Crippen molar-refractivity contribution in [1.82, 2.24) is 15.2 Å². The van der Waals surface area contributed by atoms with E-state index in [0.717, 1.165) is 19.6 Å². The fraction of sp³-hybridized carbons (Fsp3) is 0.786. The van der Waals surface area contributed by atoms with Gasteiger partial charge in [0.1, 0.15) is 5.01 Å². The van der Waals surface area contributed by atoms with Crippen LogP contribution < -0.4 is 5.32 Å². The minimum absolute atomic E-state index is 0.585. The first-order valence-electron chi connectivity index (χ1n) is 6.87. The smallest absolute Gasteiger partial charge is 0.107 e. The molecule has 2 unspecified atom stereocenters. The molecule has 2 atom stereocenters. The average molecular weight is 267 g/mol. The fourth-order valence-electron chi connectivity index (χ4n) is 2.62. The van der Waals surface area contributed by atoms with Crippen molar-refractivity contribution in [2.24, 2.45) is 5.92 Å². The summed E-state index contributed by atoms with van der Waals surface area (Å²) in [6.07, 6.45) is 0. The number of nitrogens with zero attached hydrogens (tertiary/aromatic N) is 2. The zero-order valence-electron chi connectivity index (χ0n) is 12.2. The Morgan fingerprint density at radius 1 is 1.44 bits per heavy atom. The Kier molecular flexibility index (Phi) is 4.41. The Hall–Kier alpha value is -0.450. The topological polar surface area (TPSA) is 28.2 Å². The molecule has 0 bridgehead atoms. The highest BCUT2D eigenvalue weighted by atomic mass is 32.1. The van der Waals surface area contributed by atoms with Gasteiger partial charge in [0, 0.05) is 30.1 Å². The highest BCUT2D eigenvalue weighted by Gasteiger charge is 2.28. The number of hydrogen-bond donors (Lipinski definition) is 1. The summed E-state index contributed by atoms with van der Waals surface area (Å²) in [4.78, 5) is 8.64. The maximum atomic E-state index is 4.68. The average Bonchev–Trinajstić information content (AvgIpc) is 2.57.